The van der Waals surface area contributed by atoms with Crippen molar-refractivity contribution in [2.75, 3.05) is 5.32 Å². The van der Waals surface area contributed by atoms with Crippen molar-refractivity contribution in [1.82, 2.24) is 0 Å². The number of nitrogens with one attached hydrogen (secondary N) is 1. The van der Waals surface area contributed by atoms with E-state index >= 15 is 0 Å². The first kappa shape index (κ1) is 14.5. The molecule has 0 saturated carbocycles. The fourth-order valence-corrected chi connectivity index (χ4v) is 2.34. The molecule has 1 unspecified atom stereocenters. The number of hydrogen-bond donors (Lipinski definition) is 1. The van der Waals surface area contributed by atoms with Crippen LogP contribution in [0.2, 0.25) is 0 Å². The van der Waals surface area contributed by atoms with Gasteiger partial charge >= 0.3 is 0 Å². The van der Waals surface area contributed by atoms with Crippen molar-refractivity contribution < 1.29 is 4.92 Å². The van der Waals surface area contributed by atoms with Crippen LogP contribution in [0.15, 0.2) is 18.2 Å². The van der Waals surface area contributed by atoms with E-state index in [-0.39, 0.29) is 10.6 Å². The predicted octanol–water partition coefficient (Wildman–Crippen LogP) is 4.14. The van der Waals surface area contributed by atoms with Gasteiger partial charge in [-0.05, 0) is 25.8 Å². The van der Waals surface area contributed by atoms with Gasteiger partial charge < -0.3 is 5.32 Å². The monoisotopic (exact) mass is 250 g/mol. The Balaban J connectivity index is 2.91. The molecule has 0 radical (unpaired) electrons. The van der Waals surface area contributed by atoms with Gasteiger partial charge in [-0.15, -0.1) is 0 Å². The molecule has 0 heterocycles. The molecule has 18 heavy (non-hydrogen) atoms. The molecule has 0 bridgehead atoms. The Bertz CT molecular complexity index is 414. The molecule has 0 spiro atoms. The molecule has 0 saturated heterocycles. The number of nitrogens with zero attached hydrogens (tertiary/aromatic N) is 1. The number of anilines is 1. The zero-order valence-electron chi connectivity index (χ0n) is 11.6. The Hall–Kier alpha value is -1.58. The smallest absolute Gasteiger partial charge is 0.274 e. The van der Waals surface area contributed by atoms with E-state index in [1.807, 2.05) is 6.07 Å². The van der Waals surface area contributed by atoms with Gasteiger partial charge in [-0.2, -0.15) is 0 Å². The number of nitro groups is 1. The predicted molar refractivity (Wildman–Crippen MR) is 75.0 cm³/mol. The number of benzene rings is 1. The summed E-state index contributed by atoms with van der Waals surface area (Å²) in [6.07, 6.45) is 2.22. The van der Waals surface area contributed by atoms with Crippen LogP contribution in [0, 0.1) is 23.0 Å². The summed E-state index contributed by atoms with van der Waals surface area (Å²) in [5.41, 5.74) is 1.75. The maximum atomic E-state index is 10.9. The maximum Gasteiger partial charge on any atom is 0.274 e. The molecule has 0 aliphatic rings. The molecule has 100 valence electrons. The Kier molecular flexibility index (Phi) is 5.13. The highest BCUT2D eigenvalue weighted by atomic mass is 16.6. The first-order valence-electron chi connectivity index (χ1n) is 6.51. The van der Waals surface area contributed by atoms with E-state index in [1.54, 1.807) is 19.1 Å². The van der Waals surface area contributed by atoms with E-state index in [0.29, 0.717) is 17.5 Å². The summed E-state index contributed by atoms with van der Waals surface area (Å²) in [7, 11) is 0. The molecule has 4 nitrogen and oxygen atoms in total. The molecular weight excluding hydrogens is 228 g/mol. The van der Waals surface area contributed by atoms with Gasteiger partial charge in [0.1, 0.15) is 0 Å². The zero-order valence-corrected chi connectivity index (χ0v) is 11.6. The summed E-state index contributed by atoms with van der Waals surface area (Å²) in [4.78, 5) is 10.6. The third kappa shape index (κ3) is 3.22. The van der Waals surface area contributed by atoms with E-state index in [9.17, 15) is 10.1 Å². The van der Waals surface area contributed by atoms with E-state index in [0.717, 1.165) is 18.5 Å². The quantitative estimate of drug-likeness (QED) is 0.609. The molecule has 0 aliphatic heterocycles. The van der Waals surface area contributed by atoms with Crippen molar-refractivity contribution in [1.29, 1.82) is 0 Å². The van der Waals surface area contributed by atoms with Crippen molar-refractivity contribution in [3.63, 3.8) is 0 Å². The van der Waals surface area contributed by atoms with Crippen LogP contribution < -0.4 is 5.32 Å². The van der Waals surface area contributed by atoms with E-state index < -0.39 is 0 Å². The van der Waals surface area contributed by atoms with Gasteiger partial charge in [-0.25, -0.2) is 0 Å². The number of rotatable bonds is 6. The lowest BCUT2D eigenvalue weighted by Crippen LogP contribution is -2.25. The van der Waals surface area contributed by atoms with Gasteiger partial charge in [-0.3, -0.25) is 10.1 Å². The molecule has 1 aromatic rings. The highest BCUT2D eigenvalue weighted by Crippen LogP contribution is 2.27. The summed E-state index contributed by atoms with van der Waals surface area (Å²) < 4.78 is 0. The minimum atomic E-state index is -0.331. The van der Waals surface area contributed by atoms with Crippen LogP contribution >= 0.6 is 0 Å². The summed E-state index contributed by atoms with van der Waals surface area (Å²) in [5.74, 6) is 0.587. The summed E-state index contributed by atoms with van der Waals surface area (Å²) in [5, 5.41) is 14.3. The molecule has 4 heteroatoms. The van der Waals surface area contributed by atoms with Gasteiger partial charge in [0, 0.05) is 23.4 Å². The van der Waals surface area contributed by atoms with Crippen LogP contribution in [0.5, 0.6) is 0 Å². The summed E-state index contributed by atoms with van der Waals surface area (Å²) in [6.45, 7) is 8.27. The van der Waals surface area contributed by atoms with Crippen molar-refractivity contribution in [3.05, 3.63) is 33.9 Å². The highest BCUT2D eigenvalue weighted by Gasteiger charge is 2.17. The fraction of sp³-hybridized carbons (Fsp3) is 0.571. The molecule has 0 aromatic heterocycles. The SMILES string of the molecule is CCC(CC)C(C)Nc1cccc([N+](=O)[O-])c1C. The highest BCUT2D eigenvalue weighted by molar-refractivity contribution is 5.60. The van der Waals surface area contributed by atoms with Crippen LogP contribution in [0.4, 0.5) is 11.4 Å². The Morgan fingerprint density at radius 2 is 1.94 bits per heavy atom. The third-order valence-electron chi connectivity index (χ3n) is 3.64. The van der Waals surface area contributed by atoms with E-state index in [1.165, 1.54) is 0 Å². The van der Waals surface area contributed by atoms with Gasteiger partial charge in [-0.1, -0.05) is 32.8 Å². The Morgan fingerprint density at radius 1 is 1.33 bits per heavy atom. The summed E-state index contributed by atoms with van der Waals surface area (Å²) >= 11 is 0. The first-order valence-corrected chi connectivity index (χ1v) is 6.51. The van der Waals surface area contributed by atoms with Crippen LogP contribution in [0.3, 0.4) is 0 Å². The van der Waals surface area contributed by atoms with E-state index in [4.69, 9.17) is 0 Å². The van der Waals surface area contributed by atoms with Crippen molar-refractivity contribution >= 4 is 11.4 Å². The standard InChI is InChI=1S/C14H22N2O2/c1-5-12(6-2)11(4)15-13-8-7-9-14(10(13)3)16(17)18/h7-9,11-12,15H,5-6H2,1-4H3. The van der Waals surface area contributed by atoms with Gasteiger partial charge in [0.25, 0.3) is 5.69 Å². The van der Waals surface area contributed by atoms with Gasteiger partial charge in [0.2, 0.25) is 0 Å². The molecule has 0 fully saturated rings. The lowest BCUT2D eigenvalue weighted by molar-refractivity contribution is -0.385. The molecule has 1 atom stereocenters. The van der Waals surface area contributed by atoms with Crippen LogP contribution in [0.1, 0.15) is 39.2 Å². The van der Waals surface area contributed by atoms with Crippen molar-refractivity contribution in [3.8, 4) is 0 Å². The average molecular weight is 250 g/mol. The first-order chi connectivity index (χ1) is 8.51. The molecule has 0 amide bonds. The lowest BCUT2D eigenvalue weighted by Gasteiger charge is -2.24. The van der Waals surface area contributed by atoms with Crippen molar-refractivity contribution in [2.45, 2.75) is 46.6 Å². The van der Waals surface area contributed by atoms with Crippen LogP contribution in [-0.4, -0.2) is 11.0 Å². The summed E-state index contributed by atoms with van der Waals surface area (Å²) in [6, 6.07) is 5.50. The van der Waals surface area contributed by atoms with Crippen LogP contribution in [0.25, 0.3) is 0 Å². The molecule has 0 aliphatic carbocycles. The Labute approximate surface area is 109 Å². The average Bonchev–Trinajstić information content (AvgIpc) is 2.33. The third-order valence-corrected chi connectivity index (χ3v) is 3.64. The molecule has 1 N–H and O–H groups in total. The second kappa shape index (κ2) is 6.38. The normalized spacial score (nSPS) is 12.5. The second-order valence-corrected chi connectivity index (χ2v) is 4.72. The topological polar surface area (TPSA) is 55.2 Å². The lowest BCUT2D eigenvalue weighted by atomic mass is 9.95. The van der Waals surface area contributed by atoms with E-state index in [2.05, 4.69) is 26.1 Å². The molecular formula is C14H22N2O2. The molecule has 1 aromatic carbocycles. The number of nitro benzene ring substituents is 1. The number of hydrogen-bond acceptors (Lipinski definition) is 3. The van der Waals surface area contributed by atoms with Gasteiger partial charge in [0.05, 0.1) is 4.92 Å². The zero-order chi connectivity index (χ0) is 13.7. The second-order valence-electron chi connectivity index (χ2n) is 4.72. The van der Waals surface area contributed by atoms with Crippen LogP contribution in [-0.2, 0) is 0 Å². The maximum absolute atomic E-state index is 10.9. The minimum absolute atomic E-state index is 0.178. The molecule has 1 rings (SSSR count). The Morgan fingerprint density at radius 3 is 2.44 bits per heavy atom. The van der Waals surface area contributed by atoms with Crippen molar-refractivity contribution in [2.24, 2.45) is 5.92 Å². The van der Waals surface area contributed by atoms with Gasteiger partial charge in [0.15, 0.2) is 0 Å². The fourth-order valence-electron chi connectivity index (χ4n) is 2.34. The minimum Gasteiger partial charge on any atom is -0.382 e. The largest absolute Gasteiger partial charge is 0.382 e.